The monoisotopic (exact) mass is 571 g/mol. The first-order chi connectivity index (χ1) is 20.9. The first kappa shape index (κ1) is 26.7. The average molecular weight is 572 g/mol. The number of rotatable bonds is 6. The van der Waals surface area contributed by atoms with Crippen LogP contribution in [0.4, 0.5) is 5.69 Å². The molecule has 2 aliphatic heterocycles. The van der Waals surface area contributed by atoms with E-state index in [-0.39, 0.29) is 17.3 Å². The molecule has 0 N–H and O–H groups in total. The van der Waals surface area contributed by atoms with E-state index in [4.69, 9.17) is 14.2 Å². The van der Waals surface area contributed by atoms with Crippen LogP contribution in [0, 0.1) is 5.41 Å². The maximum absolute atomic E-state index is 14.9. The van der Waals surface area contributed by atoms with E-state index < -0.39 is 23.4 Å². The van der Waals surface area contributed by atoms with Gasteiger partial charge < -0.3 is 19.1 Å². The molecule has 7 heteroatoms. The van der Waals surface area contributed by atoms with Crippen molar-refractivity contribution in [3.8, 4) is 17.2 Å². The molecule has 7 rings (SSSR count). The molecule has 2 heterocycles. The second-order valence-electron chi connectivity index (χ2n) is 11.0. The van der Waals surface area contributed by atoms with Crippen LogP contribution in [0.3, 0.4) is 0 Å². The Morgan fingerprint density at radius 1 is 0.744 bits per heavy atom. The van der Waals surface area contributed by atoms with E-state index in [1.54, 1.807) is 74.9 Å². The third-order valence-electron chi connectivity index (χ3n) is 9.10. The maximum atomic E-state index is 14.9. The zero-order valence-electron chi connectivity index (χ0n) is 23.9. The highest BCUT2D eigenvalue weighted by Crippen LogP contribution is 2.61. The fourth-order valence-electron chi connectivity index (χ4n) is 7.28. The Morgan fingerprint density at radius 3 is 2.14 bits per heavy atom. The molecule has 0 bridgehead atoms. The third-order valence-corrected chi connectivity index (χ3v) is 9.10. The van der Waals surface area contributed by atoms with Crippen molar-refractivity contribution >= 4 is 29.1 Å². The lowest BCUT2D eigenvalue weighted by atomic mass is 9.64. The van der Waals surface area contributed by atoms with E-state index in [0.717, 1.165) is 11.3 Å². The standard InChI is InChI=1S/C36H29NO6/c1-41-24-11-8-10-23(19-24)33(38)32-31(22-15-17-28(42-2)29(20-22)43-3)36(34(39)25-12-5-6-13-26(25)35(36)40)30-18-16-21-9-4-7-14-27(21)37(30)32/h4-20,30-32H,1-3H3/t30-,31+,32-/m1/s1. The van der Waals surface area contributed by atoms with Gasteiger partial charge in [0.25, 0.3) is 0 Å². The summed E-state index contributed by atoms with van der Waals surface area (Å²) in [4.78, 5) is 46.4. The van der Waals surface area contributed by atoms with Crippen LogP contribution in [-0.2, 0) is 0 Å². The number of methoxy groups -OCH3 is 3. The summed E-state index contributed by atoms with van der Waals surface area (Å²) < 4.78 is 16.6. The highest BCUT2D eigenvalue weighted by atomic mass is 16.5. The molecule has 214 valence electrons. The number of para-hydroxylation sites is 1. The Balaban J connectivity index is 1.55. The van der Waals surface area contributed by atoms with Gasteiger partial charge in [0.15, 0.2) is 28.8 Å². The van der Waals surface area contributed by atoms with Gasteiger partial charge in [-0.3, -0.25) is 14.4 Å². The number of nitrogens with zero attached hydrogens (tertiary/aromatic N) is 1. The number of ketones is 3. The van der Waals surface area contributed by atoms with Gasteiger partial charge in [-0.25, -0.2) is 0 Å². The van der Waals surface area contributed by atoms with Gasteiger partial charge >= 0.3 is 0 Å². The summed E-state index contributed by atoms with van der Waals surface area (Å²) >= 11 is 0. The molecule has 43 heavy (non-hydrogen) atoms. The lowest BCUT2D eigenvalue weighted by molar-refractivity contribution is 0.0665. The zero-order chi connectivity index (χ0) is 29.9. The van der Waals surface area contributed by atoms with Crippen molar-refractivity contribution in [3.05, 3.63) is 125 Å². The molecule has 1 saturated heterocycles. The molecule has 3 aliphatic rings. The number of ether oxygens (including phenoxy) is 3. The lowest BCUT2D eigenvalue weighted by Crippen LogP contribution is -2.48. The summed E-state index contributed by atoms with van der Waals surface area (Å²) in [6, 6.07) is 25.4. The molecule has 1 spiro atoms. The van der Waals surface area contributed by atoms with Crippen molar-refractivity contribution in [2.75, 3.05) is 26.2 Å². The normalized spacial score (nSPS) is 20.9. The zero-order valence-corrected chi connectivity index (χ0v) is 23.9. The fraction of sp³-hybridized carbons (Fsp3) is 0.194. The molecule has 4 aromatic rings. The van der Waals surface area contributed by atoms with Crippen LogP contribution in [0.5, 0.6) is 17.2 Å². The van der Waals surface area contributed by atoms with Gasteiger partial charge in [-0.15, -0.1) is 0 Å². The van der Waals surface area contributed by atoms with Crippen LogP contribution in [0.25, 0.3) is 6.08 Å². The van der Waals surface area contributed by atoms with Gasteiger partial charge in [0.1, 0.15) is 17.2 Å². The van der Waals surface area contributed by atoms with Crippen LogP contribution in [0.15, 0.2) is 97.1 Å². The molecule has 7 nitrogen and oxygen atoms in total. The van der Waals surface area contributed by atoms with Gasteiger partial charge in [0.05, 0.1) is 27.4 Å². The van der Waals surface area contributed by atoms with Gasteiger partial charge in [-0.1, -0.05) is 72.8 Å². The van der Waals surface area contributed by atoms with Gasteiger partial charge in [0, 0.05) is 28.3 Å². The molecule has 3 atom stereocenters. The smallest absolute Gasteiger partial charge is 0.186 e. The number of fused-ring (bicyclic) bond motifs is 5. The Kier molecular flexibility index (Phi) is 6.20. The molecule has 0 aromatic heterocycles. The minimum absolute atomic E-state index is 0.220. The van der Waals surface area contributed by atoms with Gasteiger partial charge in [0.2, 0.25) is 0 Å². The van der Waals surface area contributed by atoms with Crippen LogP contribution >= 0.6 is 0 Å². The Hall–Kier alpha value is -5.17. The Morgan fingerprint density at radius 2 is 1.44 bits per heavy atom. The summed E-state index contributed by atoms with van der Waals surface area (Å²) in [5.41, 5.74) is 1.89. The van der Waals surface area contributed by atoms with Crippen LogP contribution in [-0.4, -0.2) is 50.8 Å². The maximum Gasteiger partial charge on any atom is 0.186 e. The number of hydrogen-bond donors (Lipinski definition) is 0. The summed E-state index contributed by atoms with van der Waals surface area (Å²) in [5.74, 6) is -0.164. The van der Waals surface area contributed by atoms with Crippen LogP contribution in [0.2, 0.25) is 0 Å². The van der Waals surface area contributed by atoms with E-state index in [0.29, 0.717) is 39.5 Å². The van der Waals surface area contributed by atoms with Gasteiger partial charge in [-0.2, -0.15) is 0 Å². The SMILES string of the molecule is COc1cccc(C(=O)[C@H]2[C@H](c3ccc(OC)c(OC)c3)C3(C(=O)c4ccccc4C3=O)[C@H]3C=Cc4ccccc4N23)c1. The predicted octanol–water partition coefficient (Wildman–Crippen LogP) is 6.03. The summed E-state index contributed by atoms with van der Waals surface area (Å²) in [6.45, 7) is 0. The summed E-state index contributed by atoms with van der Waals surface area (Å²) in [7, 11) is 4.64. The quantitative estimate of drug-likeness (QED) is 0.207. The average Bonchev–Trinajstić information content (AvgIpc) is 3.50. The fourth-order valence-corrected chi connectivity index (χ4v) is 7.28. The largest absolute Gasteiger partial charge is 0.497 e. The lowest BCUT2D eigenvalue weighted by Gasteiger charge is -2.37. The number of anilines is 1. The van der Waals surface area contributed by atoms with E-state index in [2.05, 4.69) is 0 Å². The summed E-state index contributed by atoms with van der Waals surface area (Å²) in [6.07, 6.45) is 3.86. The molecule has 1 aliphatic carbocycles. The van der Waals surface area contributed by atoms with Crippen molar-refractivity contribution in [2.45, 2.75) is 18.0 Å². The van der Waals surface area contributed by atoms with E-state index in [1.807, 2.05) is 47.4 Å². The number of Topliss-reactive ketones (excluding diaryl/α,β-unsaturated/α-hetero) is 3. The minimum Gasteiger partial charge on any atom is -0.497 e. The molecule has 0 amide bonds. The highest BCUT2D eigenvalue weighted by molar-refractivity contribution is 6.32. The number of benzene rings is 4. The van der Waals surface area contributed by atoms with E-state index >= 15 is 0 Å². The molecule has 0 unspecified atom stereocenters. The molecular weight excluding hydrogens is 542 g/mol. The molecule has 1 fully saturated rings. The second-order valence-corrected chi connectivity index (χ2v) is 11.0. The molecule has 4 aromatic carbocycles. The van der Waals surface area contributed by atoms with Crippen LogP contribution < -0.4 is 19.1 Å². The Bertz CT molecular complexity index is 1810. The summed E-state index contributed by atoms with van der Waals surface area (Å²) in [5, 5.41) is 0. The number of carbonyl (C=O) groups excluding carboxylic acids is 3. The van der Waals surface area contributed by atoms with Crippen molar-refractivity contribution < 1.29 is 28.6 Å². The Labute approximate surface area is 249 Å². The predicted molar refractivity (Wildman–Crippen MR) is 163 cm³/mol. The first-order valence-corrected chi connectivity index (χ1v) is 14.1. The van der Waals surface area contributed by atoms with E-state index in [1.165, 1.54) is 7.11 Å². The van der Waals surface area contributed by atoms with E-state index in [9.17, 15) is 14.4 Å². The van der Waals surface area contributed by atoms with Crippen LogP contribution in [0.1, 0.15) is 48.1 Å². The van der Waals surface area contributed by atoms with Crippen molar-refractivity contribution in [2.24, 2.45) is 5.41 Å². The second kappa shape index (κ2) is 9.98. The van der Waals surface area contributed by atoms with Crippen molar-refractivity contribution in [3.63, 3.8) is 0 Å². The van der Waals surface area contributed by atoms with Crippen molar-refractivity contribution in [1.82, 2.24) is 0 Å². The number of hydrogen-bond acceptors (Lipinski definition) is 7. The van der Waals surface area contributed by atoms with Crippen molar-refractivity contribution in [1.29, 1.82) is 0 Å². The topological polar surface area (TPSA) is 82.1 Å². The molecule has 0 radical (unpaired) electrons. The number of carbonyl (C=O) groups is 3. The molecule has 0 saturated carbocycles. The highest BCUT2D eigenvalue weighted by Gasteiger charge is 2.71. The molecular formula is C36H29NO6. The van der Waals surface area contributed by atoms with Gasteiger partial charge in [-0.05, 0) is 41.5 Å². The minimum atomic E-state index is -1.60. The first-order valence-electron chi connectivity index (χ1n) is 14.1. The third kappa shape index (κ3) is 3.64.